The van der Waals surface area contributed by atoms with Crippen LogP contribution in [-0.4, -0.2) is 29.6 Å². The van der Waals surface area contributed by atoms with Crippen LogP contribution in [0.25, 0.3) is 0 Å². The van der Waals surface area contributed by atoms with Gasteiger partial charge in [-0.05, 0) is 18.4 Å². The van der Waals surface area contributed by atoms with Crippen molar-refractivity contribution in [1.29, 1.82) is 0 Å². The van der Waals surface area contributed by atoms with Crippen molar-refractivity contribution in [3.8, 4) is 0 Å². The van der Waals surface area contributed by atoms with Gasteiger partial charge in [0.25, 0.3) is 0 Å². The van der Waals surface area contributed by atoms with Crippen LogP contribution in [0.15, 0.2) is 30.3 Å². The van der Waals surface area contributed by atoms with Crippen molar-refractivity contribution in [2.45, 2.75) is 129 Å². The van der Waals surface area contributed by atoms with E-state index >= 15 is 0 Å². The molecule has 27 heavy (non-hydrogen) atoms. The molecule has 0 aliphatic heterocycles. The monoisotopic (exact) mass is 382 g/mol. The van der Waals surface area contributed by atoms with Gasteiger partial charge in [-0.25, -0.2) is 0 Å². The first kappa shape index (κ1) is 27.2. The zero-order valence-corrected chi connectivity index (χ0v) is 17.8. The van der Waals surface area contributed by atoms with Gasteiger partial charge >= 0.3 is 29.6 Å². The summed E-state index contributed by atoms with van der Waals surface area (Å²) in [7, 11) is 0. The standard InChI is InChI=1S/C26H46.Na.H/c1-2-3-4-5-6-7-8-9-10-11-12-13-14-15-16-17-18-20-23-26-24-21-19-22-25-26;;/h19,21-22,24-25H,2-18,20,23H2,1H3;;. The molecule has 0 unspecified atom stereocenters. The van der Waals surface area contributed by atoms with Crippen LogP contribution >= 0.6 is 0 Å². The van der Waals surface area contributed by atoms with E-state index < -0.39 is 0 Å². The first-order valence-electron chi connectivity index (χ1n) is 12.0. The predicted molar refractivity (Wildman–Crippen MR) is 126 cm³/mol. The molecule has 0 aliphatic rings. The zero-order valence-electron chi connectivity index (χ0n) is 17.8. The second kappa shape index (κ2) is 22.5. The molecule has 0 saturated heterocycles. The SMILES string of the molecule is CCCCCCCCCCCCCCCCCCCCc1ccccc1.[NaH]. The van der Waals surface area contributed by atoms with Crippen LogP contribution in [0, 0.1) is 0 Å². The fraction of sp³-hybridized carbons (Fsp3) is 0.769. The Bertz CT molecular complexity index is 373. The summed E-state index contributed by atoms with van der Waals surface area (Å²) < 4.78 is 0. The molecule has 0 radical (unpaired) electrons. The molecule has 1 aromatic rings. The number of aryl methyl sites for hydroxylation is 1. The molecule has 0 saturated carbocycles. The average molecular weight is 383 g/mol. The molecule has 1 heteroatoms. The van der Waals surface area contributed by atoms with Gasteiger partial charge in [-0.15, -0.1) is 0 Å². The van der Waals surface area contributed by atoms with E-state index in [2.05, 4.69) is 37.3 Å². The summed E-state index contributed by atoms with van der Waals surface area (Å²) in [6, 6.07) is 10.9. The second-order valence-electron chi connectivity index (χ2n) is 8.25. The van der Waals surface area contributed by atoms with Crippen LogP contribution in [0.1, 0.15) is 128 Å². The van der Waals surface area contributed by atoms with E-state index in [0.717, 1.165) is 0 Å². The van der Waals surface area contributed by atoms with E-state index in [9.17, 15) is 0 Å². The second-order valence-corrected chi connectivity index (χ2v) is 8.25. The fourth-order valence-electron chi connectivity index (χ4n) is 3.88. The molecule has 0 N–H and O–H groups in total. The van der Waals surface area contributed by atoms with Crippen molar-refractivity contribution in [3.05, 3.63) is 35.9 Å². The van der Waals surface area contributed by atoms with Crippen LogP contribution in [0.5, 0.6) is 0 Å². The molecule has 0 amide bonds. The van der Waals surface area contributed by atoms with Crippen LogP contribution in [0.3, 0.4) is 0 Å². The molecule has 0 fully saturated rings. The Kier molecular flexibility index (Phi) is 22.7. The number of unbranched alkanes of at least 4 members (excludes halogenated alkanes) is 17. The quantitative estimate of drug-likeness (QED) is 0.166. The molecule has 1 rings (SSSR count). The van der Waals surface area contributed by atoms with Gasteiger partial charge in [-0.2, -0.15) is 0 Å². The Morgan fingerprint density at radius 3 is 1.15 bits per heavy atom. The minimum atomic E-state index is 0. The van der Waals surface area contributed by atoms with Gasteiger partial charge in [-0.3, -0.25) is 0 Å². The van der Waals surface area contributed by atoms with E-state index in [4.69, 9.17) is 0 Å². The van der Waals surface area contributed by atoms with Crippen molar-refractivity contribution >= 4 is 29.6 Å². The van der Waals surface area contributed by atoms with Crippen molar-refractivity contribution in [2.24, 2.45) is 0 Å². The molecule has 0 atom stereocenters. The molecule has 1 aromatic carbocycles. The van der Waals surface area contributed by atoms with Crippen LogP contribution in [0.4, 0.5) is 0 Å². The van der Waals surface area contributed by atoms with Crippen molar-refractivity contribution in [3.63, 3.8) is 0 Å². The predicted octanol–water partition coefficient (Wildman–Crippen LogP) is 8.62. The van der Waals surface area contributed by atoms with E-state index in [0.29, 0.717) is 0 Å². The van der Waals surface area contributed by atoms with E-state index in [1.165, 1.54) is 128 Å². The number of benzene rings is 1. The summed E-state index contributed by atoms with van der Waals surface area (Å²) >= 11 is 0. The first-order chi connectivity index (χ1) is 12.9. The van der Waals surface area contributed by atoms with Crippen LogP contribution < -0.4 is 0 Å². The summed E-state index contributed by atoms with van der Waals surface area (Å²) in [6.45, 7) is 2.30. The Hall–Kier alpha value is 0.220. The third-order valence-corrected chi connectivity index (χ3v) is 5.66. The molecule has 0 spiro atoms. The van der Waals surface area contributed by atoms with Gasteiger partial charge in [0.15, 0.2) is 0 Å². The summed E-state index contributed by atoms with van der Waals surface area (Å²) in [4.78, 5) is 0. The topological polar surface area (TPSA) is 0 Å². The van der Waals surface area contributed by atoms with Gasteiger partial charge in [0.2, 0.25) is 0 Å². The third-order valence-electron chi connectivity index (χ3n) is 5.66. The Morgan fingerprint density at radius 1 is 0.444 bits per heavy atom. The molecule has 0 heterocycles. The Morgan fingerprint density at radius 2 is 0.778 bits per heavy atom. The first-order valence-corrected chi connectivity index (χ1v) is 12.0. The zero-order chi connectivity index (χ0) is 18.5. The van der Waals surface area contributed by atoms with Crippen LogP contribution in [0.2, 0.25) is 0 Å². The van der Waals surface area contributed by atoms with E-state index in [1.807, 2.05) is 0 Å². The number of hydrogen-bond donors (Lipinski definition) is 0. The van der Waals surface area contributed by atoms with Crippen LogP contribution in [-0.2, 0) is 6.42 Å². The minimum absolute atomic E-state index is 0. The molecule has 0 aromatic heterocycles. The third kappa shape index (κ3) is 19.3. The maximum atomic E-state index is 2.30. The van der Waals surface area contributed by atoms with Crippen molar-refractivity contribution in [1.82, 2.24) is 0 Å². The van der Waals surface area contributed by atoms with Crippen molar-refractivity contribution in [2.75, 3.05) is 0 Å². The van der Waals surface area contributed by atoms with E-state index in [1.54, 1.807) is 0 Å². The van der Waals surface area contributed by atoms with Gasteiger partial charge in [0, 0.05) is 0 Å². The molecule has 0 nitrogen and oxygen atoms in total. The maximum absolute atomic E-state index is 2.30. The van der Waals surface area contributed by atoms with Gasteiger partial charge < -0.3 is 0 Å². The average Bonchev–Trinajstić information content (AvgIpc) is 2.68. The van der Waals surface area contributed by atoms with Gasteiger partial charge in [0.1, 0.15) is 0 Å². The molecule has 0 bridgehead atoms. The van der Waals surface area contributed by atoms with Crippen molar-refractivity contribution < 1.29 is 0 Å². The summed E-state index contributed by atoms with van der Waals surface area (Å²) in [6.07, 6.45) is 27.4. The Balaban J connectivity index is 0.00000676. The normalized spacial score (nSPS) is 10.7. The number of rotatable bonds is 19. The summed E-state index contributed by atoms with van der Waals surface area (Å²) in [5.74, 6) is 0. The molecular weight excluding hydrogens is 335 g/mol. The van der Waals surface area contributed by atoms with E-state index in [-0.39, 0.29) is 29.6 Å². The summed E-state index contributed by atoms with van der Waals surface area (Å²) in [5.41, 5.74) is 1.50. The molecular formula is C26H47Na. The molecule has 0 aliphatic carbocycles. The van der Waals surface area contributed by atoms with Gasteiger partial charge in [0.05, 0.1) is 0 Å². The summed E-state index contributed by atoms with van der Waals surface area (Å²) in [5, 5.41) is 0. The number of hydrogen-bond acceptors (Lipinski definition) is 0. The van der Waals surface area contributed by atoms with Gasteiger partial charge in [-0.1, -0.05) is 146 Å². The molecule has 152 valence electrons. The Labute approximate surface area is 193 Å². The fourth-order valence-corrected chi connectivity index (χ4v) is 3.88.